The van der Waals surface area contributed by atoms with Crippen molar-refractivity contribution in [1.82, 2.24) is 19.7 Å². The first-order chi connectivity index (χ1) is 16.7. The number of carbonyl (C=O) groups excluding carboxylic acids is 1. The van der Waals surface area contributed by atoms with Crippen LogP contribution in [0.15, 0.2) is 53.3 Å². The maximum Gasteiger partial charge on any atom is 0.416 e. The van der Waals surface area contributed by atoms with Crippen molar-refractivity contribution in [2.75, 3.05) is 0 Å². The summed E-state index contributed by atoms with van der Waals surface area (Å²) in [6.07, 6.45) is -12.7. The molecule has 1 amide bonds. The minimum atomic E-state index is -5.04. The highest BCUT2D eigenvalue weighted by atomic mass is 35.5. The van der Waals surface area contributed by atoms with Crippen molar-refractivity contribution in [3.63, 3.8) is 0 Å². The van der Waals surface area contributed by atoms with Crippen LogP contribution in [-0.2, 0) is 24.1 Å². The number of hydrogen-bond donors (Lipinski definition) is 2. The van der Waals surface area contributed by atoms with E-state index in [4.69, 9.17) is 11.6 Å². The van der Waals surface area contributed by atoms with Crippen LogP contribution in [0.5, 0.6) is 0 Å². The lowest BCUT2D eigenvalue weighted by atomic mass is 10.0. The molecule has 0 aliphatic heterocycles. The first kappa shape index (κ1) is 27.3. The van der Waals surface area contributed by atoms with Crippen LogP contribution in [0, 0.1) is 6.92 Å². The fourth-order valence-corrected chi connectivity index (χ4v) is 3.44. The van der Waals surface area contributed by atoms with Crippen molar-refractivity contribution in [3.8, 4) is 11.4 Å². The molecule has 2 N–H and O–H groups in total. The average Bonchev–Trinajstić information content (AvgIpc) is 3.08. The molecule has 0 bridgehead atoms. The molecule has 2 atom stereocenters. The number of halogens is 7. The van der Waals surface area contributed by atoms with E-state index in [-0.39, 0.29) is 17.0 Å². The number of aromatic nitrogens is 3. The lowest BCUT2D eigenvalue weighted by molar-refractivity contribution is -0.207. The lowest BCUT2D eigenvalue weighted by Crippen LogP contribution is -2.39. The number of carbonyl (C=O) groups is 1. The molecule has 3 rings (SSSR count). The van der Waals surface area contributed by atoms with Gasteiger partial charge < -0.3 is 10.4 Å². The van der Waals surface area contributed by atoms with E-state index in [9.17, 15) is 41.0 Å². The molecule has 1 unspecified atom stereocenters. The van der Waals surface area contributed by atoms with Crippen LogP contribution in [-0.4, -0.2) is 37.6 Å². The molecule has 0 saturated carbocycles. The quantitative estimate of drug-likeness (QED) is 0.448. The second-order valence-electron chi connectivity index (χ2n) is 7.64. The van der Waals surface area contributed by atoms with Gasteiger partial charge in [-0.05, 0) is 42.8 Å². The monoisotopic (exact) mass is 535 g/mol. The third-order valence-electron chi connectivity index (χ3n) is 5.03. The van der Waals surface area contributed by atoms with Gasteiger partial charge >= 0.3 is 18.0 Å². The van der Waals surface area contributed by atoms with Gasteiger partial charge in [0.2, 0.25) is 5.91 Å². The Morgan fingerprint density at radius 2 is 1.69 bits per heavy atom. The lowest BCUT2D eigenvalue weighted by Gasteiger charge is -2.19. The van der Waals surface area contributed by atoms with Gasteiger partial charge in [0, 0.05) is 10.6 Å². The van der Waals surface area contributed by atoms with Gasteiger partial charge in [-0.2, -0.15) is 26.3 Å². The van der Waals surface area contributed by atoms with Crippen molar-refractivity contribution in [2.24, 2.45) is 0 Å². The third-order valence-corrected chi connectivity index (χ3v) is 5.28. The molecule has 0 spiro atoms. The van der Waals surface area contributed by atoms with Gasteiger partial charge in [-0.15, -0.1) is 5.10 Å². The summed E-state index contributed by atoms with van der Waals surface area (Å²) in [6, 6.07) is 8.58. The fraction of sp³-hybridized carbons (Fsp3) is 0.273. The highest BCUT2D eigenvalue weighted by Crippen LogP contribution is 2.34. The van der Waals surface area contributed by atoms with E-state index in [1.807, 2.05) is 0 Å². The molecule has 3 aromatic rings. The van der Waals surface area contributed by atoms with Crippen LogP contribution >= 0.6 is 11.6 Å². The standard InChI is InChI=1S/C22H18ClF6N4O3/c1-12(15-4-2-3-5-16(15)21(24,25)26)30-18(35)11-33-20(36)32(10-17(34)22(27,28)29)19(31-33)13-6-8-14(23)9-7-13/h2-9,12,17,34H,1,10-11H2,(H,30,35)/t12?,17-/m0/s1. The van der Waals surface area contributed by atoms with E-state index in [0.29, 0.717) is 14.3 Å². The topological polar surface area (TPSA) is 89.2 Å². The molecule has 1 radical (unpaired) electrons. The predicted molar refractivity (Wildman–Crippen MR) is 117 cm³/mol. The number of alkyl halides is 6. The van der Waals surface area contributed by atoms with Crippen LogP contribution in [0.1, 0.15) is 17.2 Å². The SMILES string of the molecule is [CH2]C(NC(=O)Cn1nc(-c2ccc(Cl)cc2)n(C[C@H](O)C(F)(F)F)c1=O)c1ccccc1C(F)(F)F. The number of aliphatic hydroxyl groups excluding tert-OH is 1. The van der Waals surface area contributed by atoms with Crippen molar-refractivity contribution in [2.45, 2.75) is 37.6 Å². The van der Waals surface area contributed by atoms with Gasteiger partial charge in [0.1, 0.15) is 6.54 Å². The summed E-state index contributed by atoms with van der Waals surface area (Å²) in [5, 5.41) is 15.9. The number of nitrogens with zero attached hydrogens (tertiary/aromatic N) is 3. The molecular formula is C22H18ClF6N4O3. The Hall–Kier alpha value is -3.32. The maximum atomic E-state index is 13.3. The van der Waals surface area contributed by atoms with Gasteiger partial charge in [-0.3, -0.25) is 9.36 Å². The Morgan fingerprint density at radius 3 is 2.28 bits per heavy atom. The number of rotatable bonds is 7. The van der Waals surface area contributed by atoms with Gasteiger partial charge in [-0.1, -0.05) is 29.8 Å². The summed E-state index contributed by atoms with van der Waals surface area (Å²) in [5.41, 5.74) is -2.34. The van der Waals surface area contributed by atoms with E-state index >= 15 is 0 Å². The summed E-state index contributed by atoms with van der Waals surface area (Å²) in [7, 11) is 0. The summed E-state index contributed by atoms with van der Waals surface area (Å²) < 4.78 is 79.6. The molecule has 1 heterocycles. The third kappa shape index (κ3) is 6.26. The Labute approximate surface area is 204 Å². The molecule has 0 fully saturated rings. The number of nitrogens with one attached hydrogen (secondary N) is 1. The molecule has 14 heteroatoms. The van der Waals surface area contributed by atoms with Crippen LogP contribution in [0.3, 0.4) is 0 Å². The maximum absolute atomic E-state index is 13.3. The Balaban J connectivity index is 1.90. The van der Waals surface area contributed by atoms with Crippen LogP contribution in [0.2, 0.25) is 5.02 Å². The Bertz CT molecular complexity index is 1280. The molecule has 0 aliphatic rings. The van der Waals surface area contributed by atoms with Crippen molar-refractivity contribution < 1.29 is 36.2 Å². The summed E-state index contributed by atoms with van der Waals surface area (Å²) in [6.45, 7) is 1.47. The second kappa shape index (κ2) is 10.3. The number of hydrogen-bond acceptors (Lipinski definition) is 4. The van der Waals surface area contributed by atoms with E-state index in [1.165, 1.54) is 36.4 Å². The second-order valence-corrected chi connectivity index (χ2v) is 8.08. The predicted octanol–water partition coefficient (Wildman–Crippen LogP) is 4.00. The molecule has 7 nitrogen and oxygen atoms in total. The van der Waals surface area contributed by atoms with Crippen molar-refractivity contribution >= 4 is 17.5 Å². The van der Waals surface area contributed by atoms with Crippen molar-refractivity contribution in [1.29, 1.82) is 0 Å². The van der Waals surface area contributed by atoms with Crippen molar-refractivity contribution in [3.05, 3.63) is 82.1 Å². The first-order valence-electron chi connectivity index (χ1n) is 10.2. The number of aliphatic hydroxyl groups is 1. The molecule has 0 saturated heterocycles. The Kier molecular flexibility index (Phi) is 7.84. The van der Waals surface area contributed by atoms with E-state index < -0.39 is 54.7 Å². The molecule has 193 valence electrons. The zero-order valence-corrected chi connectivity index (χ0v) is 18.9. The van der Waals surface area contributed by atoms with E-state index in [0.717, 1.165) is 12.1 Å². The number of amides is 1. The van der Waals surface area contributed by atoms with E-state index in [1.54, 1.807) is 0 Å². The fourth-order valence-electron chi connectivity index (χ4n) is 3.31. The highest BCUT2D eigenvalue weighted by molar-refractivity contribution is 6.30. The van der Waals surface area contributed by atoms with Crippen LogP contribution in [0.25, 0.3) is 11.4 Å². The molecule has 1 aromatic heterocycles. The molecule has 0 aliphatic carbocycles. The van der Waals surface area contributed by atoms with Gasteiger partial charge in [0.15, 0.2) is 11.9 Å². The summed E-state index contributed by atoms with van der Waals surface area (Å²) in [4.78, 5) is 25.3. The highest BCUT2D eigenvalue weighted by Gasteiger charge is 2.39. The van der Waals surface area contributed by atoms with Gasteiger partial charge in [0.05, 0.1) is 18.2 Å². The smallest absolute Gasteiger partial charge is 0.382 e. The molecule has 2 aromatic carbocycles. The van der Waals surface area contributed by atoms with Crippen LogP contribution < -0.4 is 11.0 Å². The summed E-state index contributed by atoms with van der Waals surface area (Å²) >= 11 is 5.81. The normalized spacial score (nSPS) is 13.9. The average molecular weight is 536 g/mol. The van der Waals surface area contributed by atoms with Gasteiger partial charge in [0.25, 0.3) is 0 Å². The Morgan fingerprint density at radius 1 is 1.08 bits per heavy atom. The zero-order chi connectivity index (χ0) is 26.8. The molecule has 36 heavy (non-hydrogen) atoms. The minimum Gasteiger partial charge on any atom is -0.382 e. The van der Waals surface area contributed by atoms with E-state index in [2.05, 4.69) is 17.3 Å². The molecular weight excluding hydrogens is 518 g/mol. The summed E-state index contributed by atoms with van der Waals surface area (Å²) in [5.74, 6) is -1.26. The minimum absolute atomic E-state index is 0.166. The van der Waals surface area contributed by atoms with Gasteiger partial charge in [-0.25, -0.2) is 9.48 Å². The largest absolute Gasteiger partial charge is 0.416 e. The van der Waals surface area contributed by atoms with Crippen LogP contribution in [0.4, 0.5) is 26.3 Å². The first-order valence-corrected chi connectivity index (χ1v) is 10.5. The zero-order valence-electron chi connectivity index (χ0n) is 18.1. The number of benzene rings is 2.